The van der Waals surface area contributed by atoms with Crippen molar-refractivity contribution in [2.45, 2.75) is 25.3 Å². The molecule has 0 N–H and O–H groups in total. The maximum atomic E-state index is 13.4. The molecule has 1 saturated carbocycles. The van der Waals surface area contributed by atoms with Gasteiger partial charge in [0.1, 0.15) is 6.26 Å². The molecule has 166 valence electrons. The highest BCUT2D eigenvalue weighted by Gasteiger charge is 2.57. The molecule has 32 heavy (non-hydrogen) atoms. The number of carbonyl (C=O) groups excluding carboxylic acids is 1. The molecule has 3 unspecified atom stereocenters. The summed E-state index contributed by atoms with van der Waals surface area (Å²) in [5.41, 5.74) is 2.93. The largest absolute Gasteiger partial charge is 0.364 e. The first-order valence-corrected chi connectivity index (χ1v) is 10.7. The van der Waals surface area contributed by atoms with Crippen LogP contribution in [0.25, 0.3) is 16.7 Å². The summed E-state index contributed by atoms with van der Waals surface area (Å²) < 4.78 is 34.4. The third kappa shape index (κ3) is 2.92. The van der Waals surface area contributed by atoms with Gasteiger partial charge >= 0.3 is 5.69 Å². The number of aromatic nitrogens is 4. The van der Waals surface area contributed by atoms with Crippen LogP contribution in [-0.4, -0.2) is 49.1 Å². The Bertz CT molecular complexity index is 1320. The number of halogens is 2. The van der Waals surface area contributed by atoms with Gasteiger partial charge in [-0.05, 0) is 36.0 Å². The second-order valence-corrected chi connectivity index (χ2v) is 9.07. The van der Waals surface area contributed by atoms with Crippen molar-refractivity contribution in [1.82, 2.24) is 24.2 Å². The maximum absolute atomic E-state index is 13.4. The molecule has 2 aliphatic carbocycles. The van der Waals surface area contributed by atoms with Gasteiger partial charge in [0.05, 0.1) is 11.2 Å². The van der Waals surface area contributed by atoms with Gasteiger partial charge in [-0.25, -0.2) is 18.6 Å². The molecule has 10 heteroatoms. The summed E-state index contributed by atoms with van der Waals surface area (Å²) in [7, 11) is 1.62. The molecule has 3 aromatic rings. The van der Waals surface area contributed by atoms with Gasteiger partial charge in [0.25, 0.3) is 11.8 Å². The number of carbonyl (C=O) groups is 1. The van der Waals surface area contributed by atoms with Crippen LogP contribution in [-0.2, 0) is 13.6 Å². The number of amides is 1. The Hall–Kier alpha value is -3.30. The Morgan fingerprint density at radius 3 is 2.78 bits per heavy atom. The standard InChI is InChI=1S/C22H21F2N5O3/c1-27-19-18(29(21(27)31)11-15-8-22(15,23)24)3-2-16(25-19)12-6-13-9-28(10-14(13)7-12)20(30)17-4-5-32-26-17/h2-6,13-15H,7-11H2,1H3. The van der Waals surface area contributed by atoms with Crippen LogP contribution in [0, 0.1) is 17.8 Å². The Kier molecular flexibility index (Phi) is 4.00. The van der Waals surface area contributed by atoms with Gasteiger partial charge in [-0.15, -0.1) is 0 Å². The molecule has 6 rings (SSSR count). The topological polar surface area (TPSA) is 86.2 Å². The molecule has 4 heterocycles. The lowest BCUT2D eigenvalue weighted by Crippen LogP contribution is -2.29. The molecule has 0 spiro atoms. The Morgan fingerprint density at radius 1 is 1.28 bits per heavy atom. The molecule has 0 radical (unpaired) electrons. The monoisotopic (exact) mass is 441 g/mol. The first-order chi connectivity index (χ1) is 15.3. The van der Waals surface area contributed by atoms with Gasteiger partial charge < -0.3 is 9.42 Å². The van der Waals surface area contributed by atoms with Gasteiger partial charge in [-0.3, -0.25) is 13.9 Å². The Balaban J connectivity index is 1.24. The maximum Gasteiger partial charge on any atom is 0.330 e. The van der Waals surface area contributed by atoms with Crippen LogP contribution < -0.4 is 5.69 Å². The highest BCUT2D eigenvalue weighted by molar-refractivity contribution is 5.92. The normalized spacial score (nSPS) is 25.9. The average molecular weight is 441 g/mol. The van der Waals surface area contributed by atoms with Crippen LogP contribution >= 0.6 is 0 Å². The molecule has 1 aliphatic heterocycles. The van der Waals surface area contributed by atoms with E-state index < -0.39 is 11.8 Å². The number of likely N-dealkylation sites (tertiary alicyclic amines) is 1. The zero-order chi connectivity index (χ0) is 22.2. The Labute approximate surface area is 181 Å². The first kappa shape index (κ1) is 19.4. The molecule has 3 aliphatic rings. The molecular weight excluding hydrogens is 420 g/mol. The highest BCUT2D eigenvalue weighted by Crippen LogP contribution is 2.49. The molecule has 8 nitrogen and oxygen atoms in total. The van der Waals surface area contributed by atoms with E-state index in [1.807, 2.05) is 6.07 Å². The molecule has 1 amide bonds. The van der Waals surface area contributed by atoms with Crippen molar-refractivity contribution in [3.8, 4) is 0 Å². The molecule has 3 aromatic heterocycles. The lowest BCUT2D eigenvalue weighted by atomic mass is 9.99. The number of hydrogen-bond donors (Lipinski definition) is 0. The van der Waals surface area contributed by atoms with Crippen LogP contribution in [0.5, 0.6) is 0 Å². The number of allylic oxidation sites excluding steroid dienone is 1. The minimum atomic E-state index is -2.68. The second kappa shape index (κ2) is 6.60. The van der Waals surface area contributed by atoms with E-state index in [0.717, 1.165) is 17.7 Å². The van der Waals surface area contributed by atoms with Gasteiger partial charge in [0.15, 0.2) is 11.3 Å². The predicted octanol–water partition coefficient (Wildman–Crippen LogP) is 2.55. The number of alkyl halides is 2. The van der Waals surface area contributed by atoms with Gasteiger partial charge in [-0.1, -0.05) is 11.2 Å². The van der Waals surface area contributed by atoms with E-state index in [2.05, 4.69) is 11.2 Å². The Morgan fingerprint density at radius 2 is 2.09 bits per heavy atom. The molecule has 3 atom stereocenters. The van der Waals surface area contributed by atoms with Gasteiger partial charge in [-0.2, -0.15) is 0 Å². The van der Waals surface area contributed by atoms with Crippen molar-refractivity contribution in [2.75, 3.05) is 13.1 Å². The summed E-state index contributed by atoms with van der Waals surface area (Å²) in [5.74, 6) is -3.04. The molecule has 1 saturated heterocycles. The second-order valence-electron chi connectivity index (χ2n) is 9.07. The van der Waals surface area contributed by atoms with E-state index in [-0.39, 0.29) is 30.5 Å². The number of aryl methyl sites for hydroxylation is 1. The van der Waals surface area contributed by atoms with E-state index in [1.54, 1.807) is 24.1 Å². The van der Waals surface area contributed by atoms with Gasteiger partial charge in [0, 0.05) is 45.1 Å². The van der Waals surface area contributed by atoms with Crippen molar-refractivity contribution < 1.29 is 18.1 Å². The van der Waals surface area contributed by atoms with Crippen LogP contribution in [0.3, 0.4) is 0 Å². The van der Waals surface area contributed by atoms with Crippen LogP contribution in [0.2, 0.25) is 0 Å². The SMILES string of the molecule is Cn1c(=O)n(CC2CC2(F)F)c2ccc(C3=CC4CN(C(=O)c5ccon5)CC4C3)nc21. The first-order valence-electron chi connectivity index (χ1n) is 10.7. The predicted molar refractivity (Wildman–Crippen MR) is 110 cm³/mol. The lowest BCUT2D eigenvalue weighted by Gasteiger charge is -2.15. The van der Waals surface area contributed by atoms with E-state index in [9.17, 15) is 18.4 Å². The van der Waals surface area contributed by atoms with E-state index in [0.29, 0.717) is 35.9 Å². The van der Waals surface area contributed by atoms with Crippen molar-refractivity contribution >= 4 is 22.6 Å². The van der Waals surface area contributed by atoms with Crippen molar-refractivity contribution in [3.05, 3.63) is 52.4 Å². The fourth-order valence-electron chi connectivity index (χ4n) is 5.07. The third-order valence-corrected chi connectivity index (χ3v) is 7.00. The van der Waals surface area contributed by atoms with Crippen molar-refractivity contribution in [1.29, 1.82) is 0 Å². The van der Waals surface area contributed by atoms with Crippen LogP contribution in [0.15, 0.2) is 39.9 Å². The minimum Gasteiger partial charge on any atom is -0.364 e. The quantitative estimate of drug-likeness (QED) is 0.621. The number of pyridine rings is 1. The summed E-state index contributed by atoms with van der Waals surface area (Å²) in [5, 5.41) is 3.73. The summed E-state index contributed by atoms with van der Waals surface area (Å²) in [4.78, 5) is 31.7. The van der Waals surface area contributed by atoms with Crippen LogP contribution in [0.4, 0.5) is 8.78 Å². The zero-order valence-electron chi connectivity index (χ0n) is 17.4. The number of fused-ring (bicyclic) bond motifs is 2. The van der Waals surface area contributed by atoms with E-state index in [1.165, 1.54) is 15.4 Å². The average Bonchev–Trinajstić information content (AvgIpc) is 3.32. The lowest BCUT2D eigenvalue weighted by molar-refractivity contribution is 0.0774. The summed E-state index contributed by atoms with van der Waals surface area (Å²) in [6, 6.07) is 5.22. The fraction of sp³-hybridized carbons (Fsp3) is 0.455. The number of hydrogen-bond acceptors (Lipinski definition) is 5. The van der Waals surface area contributed by atoms with Crippen molar-refractivity contribution in [3.63, 3.8) is 0 Å². The number of rotatable bonds is 4. The fourth-order valence-corrected chi connectivity index (χ4v) is 5.07. The number of imidazole rings is 1. The summed E-state index contributed by atoms with van der Waals surface area (Å²) >= 11 is 0. The minimum absolute atomic E-state index is 0.00638. The molecule has 0 aromatic carbocycles. The molecular formula is C22H21F2N5O3. The highest BCUT2D eigenvalue weighted by atomic mass is 19.3. The summed E-state index contributed by atoms with van der Waals surface area (Å²) in [6.45, 7) is 1.27. The third-order valence-electron chi connectivity index (χ3n) is 7.00. The zero-order valence-corrected chi connectivity index (χ0v) is 17.4. The van der Waals surface area contributed by atoms with Gasteiger partial charge in [0.2, 0.25) is 0 Å². The smallest absolute Gasteiger partial charge is 0.330 e. The molecule has 0 bridgehead atoms. The van der Waals surface area contributed by atoms with Crippen LogP contribution in [0.1, 0.15) is 29.0 Å². The number of nitrogens with zero attached hydrogens (tertiary/aromatic N) is 5. The summed E-state index contributed by atoms with van der Waals surface area (Å²) in [6.07, 6.45) is 4.16. The van der Waals surface area contributed by atoms with Crippen molar-refractivity contribution in [2.24, 2.45) is 24.8 Å². The van der Waals surface area contributed by atoms with E-state index in [4.69, 9.17) is 9.51 Å². The molecule has 2 fully saturated rings. The van der Waals surface area contributed by atoms with E-state index >= 15 is 0 Å².